The summed E-state index contributed by atoms with van der Waals surface area (Å²) in [5.74, 6) is 1.69. The third kappa shape index (κ3) is 4.81. The van der Waals surface area contributed by atoms with Gasteiger partial charge in [0, 0.05) is 13.1 Å². The summed E-state index contributed by atoms with van der Waals surface area (Å²) >= 11 is 0. The van der Waals surface area contributed by atoms with Crippen LogP contribution in [0.25, 0.3) is 0 Å². The first-order valence-corrected chi connectivity index (χ1v) is 9.01. The molecule has 0 saturated carbocycles. The quantitative estimate of drug-likeness (QED) is 0.923. The molecule has 1 aliphatic rings. The van der Waals surface area contributed by atoms with Gasteiger partial charge in [-0.15, -0.1) is 0 Å². The van der Waals surface area contributed by atoms with Gasteiger partial charge in [-0.1, -0.05) is 48.8 Å². The first kappa shape index (κ1) is 17.5. The molecule has 0 spiro atoms. The van der Waals surface area contributed by atoms with Crippen molar-refractivity contribution in [1.29, 1.82) is 0 Å². The standard InChI is InChI=1S/C19H26N4O2/c1-14-8-6-7-11-23(13-14)19(24)21-17(16-9-4-3-5-10-16)12-18-20-15(2)22-25-18/h3-5,9-10,14,17H,6-8,11-13H2,1-2H3,(H,21,24)/t14-,17-/m0/s1. The molecule has 1 aromatic carbocycles. The van der Waals surface area contributed by atoms with E-state index in [9.17, 15) is 4.79 Å². The summed E-state index contributed by atoms with van der Waals surface area (Å²) in [5, 5.41) is 7.01. The van der Waals surface area contributed by atoms with Crippen LogP contribution in [0.5, 0.6) is 0 Å². The molecule has 3 rings (SSSR count). The number of urea groups is 1. The van der Waals surface area contributed by atoms with Gasteiger partial charge < -0.3 is 14.7 Å². The van der Waals surface area contributed by atoms with Crippen LogP contribution in [0, 0.1) is 12.8 Å². The highest BCUT2D eigenvalue weighted by Crippen LogP contribution is 2.20. The van der Waals surface area contributed by atoms with Gasteiger partial charge in [0.25, 0.3) is 0 Å². The highest BCUT2D eigenvalue weighted by molar-refractivity contribution is 5.74. The molecule has 0 radical (unpaired) electrons. The zero-order valence-corrected chi connectivity index (χ0v) is 14.9. The lowest BCUT2D eigenvalue weighted by atomic mass is 10.0. The Balaban J connectivity index is 1.73. The van der Waals surface area contributed by atoms with Crippen LogP contribution in [0.3, 0.4) is 0 Å². The second-order valence-corrected chi connectivity index (χ2v) is 6.90. The summed E-state index contributed by atoms with van der Waals surface area (Å²) in [7, 11) is 0. The fourth-order valence-electron chi connectivity index (χ4n) is 3.31. The molecule has 1 aromatic heterocycles. The number of nitrogens with one attached hydrogen (secondary N) is 1. The number of benzene rings is 1. The van der Waals surface area contributed by atoms with Crippen molar-refractivity contribution in [1.82, 2.24) is 20.4 Å². The lowest BCUT2D eigenvalue weighted by Crippen LogP contribution is -2.43. The molecule has 2 atom stereocenters. The lowest BCUT2D eigenvalue weighted by Gasteiger charge is -2.26. The van der Waals surface area contributed by atoms with Crippen LogP contribution < -0.4 is 5.32 Å². The number of hydrogen-bond donors (Lipinski definition) is 1. The molecule has 1 N–H and O–H groups in total. The average molecular weight is 342 g/mol. The van der Waals surface area contributed by atoms with Crippen molar-refractivity contribution in [2.45, 2.75) is 45.6 Å². The highest BCUT2D eigenvalue weighted by Gasteiger charge is 2.24. The number of hydrogen-bond acceptors (Lipinski definition) is 4. The molecule has 0 aliphatic carbocycles. The minimum atomic E-state index is -0.188. The largest absolute Gasteiger partial charge is 0.339 e. The van der Waals surface area contributed by atoms with Crippen molar-refractivity contribution in [2.75, 3.05) is 13.1 Å². The normalized spacial score (nSPS) is 19.3. The van der Waals surface area contributed by atoms with E-state index in [1.54, 1.807) is 6.92 Å². The van der Waals surface area contributed by atoms with Gasteiger partial charge in [0.2, 0.25) is 5.89 Å². The second-order valence-electron chi connectivity index (χ2n) is 6.90. The van der Waals surface area contributed by atoms with Crippen LogP contribution in [0.4, 0.5) is 4.79 Å². The van der Waals surface area contributed by atoms with E-state index in [0.29, 0.717) is 24.1 Å². The van der Waals surface area contributed by atoms with Gasteiger partial charge in [-0.2, -0.15) is 4.98 Å². The number of amides is 2. The Morgan fingerprint density at radius 2 is 2.16 bits per heavy atom. The summed E-state index contributed by atoms with van der Waals surface area (Å²) in [5.41, 5.74) is 1.04. The van der Waals surface area contributed by atoms with Gasteiger partial charge in [-0.3, -0.25) is 0 Å². The Bertz CT molecular complexity index is 686. The molecule has 2 amide bonds. The summed E-state index contributed by atoms with van der Waals surface area (Å²) in [4.78, 5) is 19.0. The maximum atomic E-state index is 12.8. The van der Waals surface area contributed by atoms with E-state index in [4.69, 9.17) is 4.52 Å². The molecular weight excluding hydrogens is 316 g/mol. The molecule has 2 aromatic rings. The fourth-order valence-corrected chi connectivity index (χ4v) is 3.31. The van der Waals surface area contributed by atoms with Crippen LogP contribution in [0.15, 0.2) is 34.9 Å². The molecule has 134 valence electrons. The minimum Gasteiger partial charge on any atom is -0.339 e. The van der Waals surface area contributed by atoms with Crippen molar-refractivity contribution in [3.63, 3.8) is 0 Å². The SMILES string of the molecule is Cc1noc(C[C@H](NC(=O)N2CCCC[C@H](C)C2)c2ccccc2)n1. The van der Waals surface area contributed by atoms with E-state index in [0.717, 1.165) is 25.1 Å². The predicted octanol–water partition coefficient (Wildman–Crippen LogP) is 3.49. The first-order chi connectivity index (χ1) is 12.1. The molecule has 1 saturated heterocycles. The van der Waals surface area contributed by atoms with Gasteiger partial charge in [-0.25, -0.2) is 4.79 Å². The number of aryl methyl sites for hydroxylation is 1. The summed E-state index contributed by atoms with van der Waals surface area (Å²) in [6, 6.07) is 9.74. The van der Waals surface area contributed by atoms with Crippen LogP contribution in [0.2, 0.25) is 0 Å². The molecular formula is C19H26N4O2. The maximum absolute atomic E-state index is 12.8. The Morgan fingerprint density at radius 3 is 2.88 bits per heavy atom. The second kappa shape index (κ2) is 8.14. The number of rotatable bonds is 4. The third-order valence-corrected chi connectivity index (χ3v) is 4.64. The Hall–Kier alpha value is -2.37. The van der Waals surface area contributed by atoms with E-state index in [-0.39, 0.29) is 12.1 Å². The highest BCUT2D eigenvalue weighted by atomic mass is 16.5. The molecule has 2 heterocycles. The predicted molar refractivity (Wildman–Crippen MR) is 95.0 cm³/mol. The van der Waals surface area contributed by atoms with Crippen molar-refractivity contribution in [2.24, 2.45) is 5.92 Å². The summed E-state index contributed by atoms with van der Waals surface area (Å²) in [6.07, 6.45) is 3.93. The van der Waals surface area contributed by atoms with Crippen molar-refractivity contribution >= 4 is 6.03 Å². The van der Waals surface area contributed by atoms with E-state index in [1.165, 1.54) is 12.8 Å². The monoisotopic (exact) mass is 342 g/mol. The molecule has 6 heteroatoms. The van der Waals surface area contributed by atoms with Crippen molar-refractivity contribution in [3.05, 3.63) is 47.6 Å². The van der Waals surface area contributed by atoms with Gasteiger partial charge in [-0.05, 0) is 31.2 Å². The zero-order valence-electron chi connectivity index (χ0n) is 14.9. The molecule has 6 nitrogen and oxygen atoms in total. The smallest absolute Gasteiger partial charge is 0.317 e. The fraction of sp³-hybridized carbons (Fsp3) is 0.526. The first-order valence-electron chi connectivity index (χ1n) is 9.01. The van der Waals surface area contributed by atoms with Crippen molar-refractivity contribution < 1.29 is 9.32 Å². The summed E-state index contributed by atoms with van der Waals surface area (Å²) in [6.45, 7) is 5.63. The molecule has 0 unspecified atom stereocenters. The maximum Gasteiger partial charge on any atom is 0.317 e. The van der Waals surface area contributed by atoms with E-state index in [2.05, 4.69) is 22.4 Å². The van der Waals surface area contributed by atoms with Gasteiger partial charge in [0.05, 0.1) is 12.5 Å². The molecule has 0 bridgehead atoms. The number of carbonyl (C=O) groups excluding carboxylic acids is 1. The number of likely N-dealkylation sites (tertiary alicyclic amines) is 1. The topological polar surface area (TPSA) is 71.3 Å². The molecule has 1 aliphatic heterocycles. The van der Waals surface area contributed by atoms with Gasteiger partial charge in [0.15, 0.2) is 5.82 Å². The molecule has 25 heavy (non-hydrogen) atoms. The minimum absolute atomic E-state index is 0.0150. The Morgan fingerprint density at radius 1 is 1.36 bits per heavy atom. The molecule has 1 fully saturated rings. The summed E-state index contributed by atoms with van der Waals surface area (Å²) < 4.78 is 5.25. The number of carbonyl (C=O) groups is 1. The zero-order chi connectivity index (χ0) is 17.6. The lowest BCUT2D eigenvalue weighted by molar-refractivity contribution is 0.189. The third-order valence-electron chi connectivity index (χ3n) is 4.64. The van der Waals surface area contributed by atoms with Crippen LogP contribution in [0.1, 0.15) is 49.5 Å². The van der Waals surface area contributed by atoms with Crippen LogP contribution in [-0.2, 0) is 6.42 Å². The number of nitrogens with zero attached hydrogens (tertiary/aromatic N) is 3. The van der Waals surface area contributed by atoms with E-state index in [1.807, 2.05) is 35.2 Å². The number of aromatic nitrogens is 2. The van der Waals surface area contributed by atoms with E-state index >= 15 is 0 Å². The van der Waals surface area contributed by atoms with Crippen LogP contribution >= 0.6 is 0 Å². The van der Waals surface area contributed by atoms with E-state index < -0.39 is 0 Å². The van der Waals surface area contributed by atoms with Gasteiger partial charge >= 0.3 is 6.03 Å². The van der Waals surface area contributed by atoms with Gasteiger partial charge in [0.1, 0.15) is 0 Å². The van der Waals surface area contributed by atoms with Crippen LogP contribution in [-0.4, -0.2) is 34.2 Å². The Kier molecular flexibility index (Phi) is 5.68. The average Bonchev–Trinajstić information content (AvgIpc) is 2.89. The Labute approximate surface area is 148 Å². The van der Waals surface area contributed by atoms with Crippen molar-refractivity contribution in [3.8, 4) is 0 Å².